The third-order valence-corrected chi connectivity index (χ3v) is 18.1. The monoisotopic (exact) mass is 929 g/mol. The maximum atomic E-state index is 2.53. The van der Waals surface area contributed by atoms with Crippen LogP contribution in [0.25, 0.3) is 38.9 Å². The summed E-state index contributed by atoms with van der Waals surface area (Å²) in [5.41, 5.74) is 20.3. The van der Waals surface area contributed by atoms with E-state index in [0.29, 0.717) is 17.8 Å². The molecule has 7 aliphatic carbocycles. The lowest BCUT2D eigenvalue weighted by atomic mass is 9.61. The molecular weight excluding hydrogens is 861 g/mol. The van der Waals surface area contributed by atoms with E-state index in [2.05, 4.69) is 243 Å². The lowest BCUT2D eigenvalue weighted by molar-refractivity contribution is 0.535. The van der Waals surface area contributed by atoms with E-state index in [4.69, 9.17) is 0 Å². The third kappa shape index (κ3) is 7.72. The molecule has 0 aliphatic heterocycles. The van der Waals surface area contributed by atoms with Crippen LogP contribution in [-0.4, -0.2) is 0 Å². The molecule has 13 rings (SSSR count). The first kappa shape index (κ1) is 46.1. The summed E-state index contributed by atoms with van der Waals surface area (Å²) in [6.45, 7) is 16.3. The number of aryl methyl sites for hydroxylation is 1. The van der Waals surface area contributed by atoms with Crippen LogP contribution < -0.4 is 9.75 Å². The maximum Gasteiger partial charge on any atom is 0.0673 e. The van der Waals surface area contributed by atoms with Crippen LogP contribution in [0.3, 0.4) is 0 Å². The largest absolute Gasteiger partial charge is 0.135 e. The molecule has 6 aromatic rings. The van der Waals surface area contributed by atoms with Gasteiger partial charge in [-0.05, 0) is 136 Å². The molecule has 0 spiro atoms. The Morgan fingerprint density at radius 2 is 1.40 bits per heavy atom. The van der Waals surface area contributed by atoms with Crippen molar-refractivity contribution in [2.75, 3.05) is 0 Å². The summed E-state index contributed by atoms with van der Waals surface area (Å²) in [5, 5.41) is 2.84. The van der Waals surface area contributed by atoms with Gasteiger partial charge in [-0.15, -0.1) is 11.3 Å². The second-order valence-electron chi connectivity index (χ2n) is 21.8. The van der Waals surface area contributed by atoms with Gasteiger partial charge in [-0.1, -0.05) is 240 Å². The number of benzene rings is 5. The van der Waals surface area contributed by atoms with Crippen LogP contribution in [0.5, 0.6) is 0 Å². The average molecular weight is 929 g/mol. The van der Waals surface area contributed by atoms with E-state index in [1.807, 2.05) is 11.3 Å². The number of allylic oxidation sites excluding steroid dienone is 16. The highest BCUT2D eigenvalue weighted by atomic mass is 32.1. The van der Waals surface area contributed by atoms with Gasteiger partial charge in [-0.2, -0.15) is 0 Å². The molecule has 7 aliphatic rings. The van der Waals surface area contributed by atoms with Crippen LogP contribution in [-0.2, 0) is 16.2 Å². The summed E-state index contributed by atoms with van der Waals surface area (Å²) in [5.74, 6) is 1.87. The maximum absolute atomic E-state index is 2.53. The Hall–Kier alpha value is -6.28. The zero-order valence-corrected chi connectivity index (χ0v) is 43.2. The van der Waals surface area contributed by atoms with E-state index in [0.717, 1.165) is 25.7 Å². The summed E-state index contributed by atoms with van der Waals surface area (Å²) in [6.07, 6.45) is 37.4. The van der Waals surface area contributed by atoms with E-state index >= 15 is 0 Å². The molecule has 1 heterocycles. The van der Waals surface area contributed by atoms with Gasteiger partial charge in [0.05, 0.1) is 5.41 Å². The molecule has 1 aromatic heterocycles. The van der Waals surface area contributed by atoms with Crippen molar-refractivity contribution in [1.82, 2.24) is 0 Å². The number of fused-ring (bicyclic) bond motifs is 9. The van der Waals surface area contributed by atoms with Crippen molar-refractivity contribution in [1.29, 1.82) is 0 Å². The van der Waals surface area contributed by atoms with Gasteiger partial charge in [0.15, 0.2) is 0 Å². The van der Waals surface area contributed by atoms with Crippen molar-refractivity contribution < 1.29 is 0 Å². The fraction of sp³-hybridized carbons (Fsp3) is 0.275. The van der Waals surface area contributed by atoms with Crippen molar-refractivity contribution in [3.63, 3.8) is 0 Å². The fourth-order valence-electron chi connectivity index (χ4n) is 13.3. The van der Waals surface area contributed by atoms with Crippen molar-refractivity contribution in [2.24, 2.45) is 11.8 Å². The SMILES string of the molecule is CC1=CC=C2C(C1)c1ccccc1C2(C)C.CC1CC=CC=C1c1ccccc1.Cc1cccc2c1C1(C)CC=CC=C1C2(C1=CCC(C)C=C1)c1ccc(-c2cccc3c4c(sc23)=CCCC=4)cc1. The highest BCUT2D eigenvalue weighted by molar-refractivity contribution is 7.17. The van der Waals surface area contributed by atoms with Crippen LogP contribution in [0.15, 0.2) is 204 Å². The van der Waals surface area contributed by atoms with Crippen LogP contribution in [0.2, 0.25) is 0 Å². The average Bonchev–Trinajstić information content (AvgIpc) is 3.97. The molecule has 5 atom stereocenters. The normalized spacial score (nSPS) is 25.0. The van der Waals surface area contributed by atoms with Gasteiger partial charge in [0, 0.05) is 31.4 Å². The summed E-state index contributed by atoms with van der Waals surface area (Å²) in [6, 6.07) is 43.1. The highest BCUT2D eigenvalue weighted by Crippen LogP contribution is 2.63. The molecule has 1 heteroatoms. The minimum atomic E-state index is -0.284. The van der Waals surface area contributed by atoms with E-state index < -0.39 is 0 Å². The Morgan fingerprint density at radius 3 is 2.20 bits per heavy atom. The molecule has 0 saturated carbocycles. The van der Waals surface area contributed by atoms with Gasteiger partial charge in [0.1, 0.15) is 0 Å². The fourth-order valence-corrected chi connectivity index (χ4v) is 14.6. The van der Waals surface area contributed by atoms with Gasteiger partial charge in [0.2, 0.25) is 0 Å². The Bertz CT molecular complexity index is 3400. The van der Waals surface area contributed by atoms with Crippen molar-refractivity contribution in [3.05, 3.63) is 253 Å². The Labute approximate surface area is 422 Å². The molecule has 70 heavy (non-hydrogen) atoms. The van der Waals surface area contributed by atoms with Crippen LogP contribution in [0, 0.1) is 18.8 Å². The van der Waals surface area contributed by atoms with E-state index in [-0.39, 0.29) is 16.2 Å². The second-order valence-corrected chi connectivity index (χ2v) is 22.9. The molecule has 5 aromatic carbocycles. The summed E-state index contributed by atoms with van der Waals surface area (Å²) >= 11 is 1.96. The first-order valence-corrected chi connectivity index (χ1v) is 26.9. The number of hydrogen-bond donors (Lipinski definition) is 0. The predicted molar refractivity (Wildman–Crippen MR) is 303 cm³/mol. The minimum Gasteiger partial charge on any atom is -0.135 e. The molecule has 5 unspecified atom stereocenters. The molecular formula is C69H68S. The van der Waals surface area contributed by atoms with Crippen LogP contribution in [0.1, 0.15) is 125 Å². The molecule has 0 nitrogen and oxygen atoms in total. The van der Waals surface area contributed by atoms with Crippen molar-refractivity contribution in [3.8, 4) is 11.1 Å². The third-order valence-electron chi connectivity index (χ3n) is 16.9. The molecule has 0 bridgehead atoms. The van der Waals surface area contributed by atoms with Gasteiger partial charge in [0.25, 0.3) is 0 Å². The Kier molecular flexibility index (Phi) is 12.2. The van der Waals surface area contributed by atoms with Gasteiger partial charge in [-0.25, -0.2) is 0 Å². The van der Waals surface area contributed by atoms with Gasteiger partial charge < -0.3 is 0 Å². The van der Waals surface area contributed by atoms with Crippen LogP contribution in [0.4, 0.5) is 0 Å². The standard InChI is InChI=1S/C40H36S.C16H18.C13H14/c1-26-17-21-29(22-18-26)40(34-14-8-10-27(2)37(34)39(3)25-7-6-16-36(39)40)30-23-19-28(20-24-30)31-12-9-13-33-32-11-4-5-15-35(32)41-38(31)33;1-11-8-9-15-13(10-11)12-6-4-5-7-14(12)16(15,2)3;1-11-7-5-6-10-13(11)12-8-3-2-4-9-12/h6-17,19-24,26H,4-5,18,25H2,1-3H3;4-9,13H,10H2,1-3H3;2-6,8-11H,7H2,1H3. The second kappa shape index (κ2) is 18.5. The zero-order valence-electron chi connectivity index (χ0n) is 42.4. The summed E-state index contributed by atoms with van der Waals surface area (Å²) in [4.78, 5) is 0. The van der Waals surface area contributed by atoms with E-state index in [1.165, 1.54) is 99.5 Å². The predicted octanol–water partition coefficient (Wildman–Crippen LogP) is 17.2. The van der Waals surface area contributed by atoms with Gasteiger partial charge >= 0.3 is 0 Å². The topological polar surface area (TPSA) is 0 Å². The Morgan fingerprint density at radius 1 is 0.643 bits per heavy atom. The molecule has 350 valence electrons. The lowest BCUT2D eigenvalue weighted by Crippen LogP contribution is -2.35. The molecule has 0 radical (unpaired) electrons. The minimum absolute atomic E-state index is 0.0134. The highest BCUT2D eigenvalue weighted by Gasteiger charge is 2.56. The zero-order chi connectivity index (χ0) is 48.2. The quantitative estimate of drug-likeness (QED) is 0.165. The molecule has 0 fully saturated rings. The van der Waals surface area contributed by atoms with Crippen molar-refractivity contribution in [2.45, 2.75) is 109 Å². The van der Waals surface area contributed by atoms with E-state index in [9.17, 15) is 0 Å². The smallest absolute Gasteiger partial charge is 0.0673 e. The first-order chi connectivity index (χ1) is 34.0. The first-order valence-electron chi connectivity index (χ1n) is 26.1. The van der Waals surface area contributed by atoms with Crippen molar-refractivity contribution >= 4 is 39.1 Å². The van der Waals surface area contributed by atoms with Crippen LogP contribution >= 0.6 is 11.3 Å². The number of hydrogen-bond acceptors (Lipinski definition) is 1. The summed E-state index contributed by atoms with van der Waals surface area (Å²) < 4.78 is 2.85. The number of rotatable bonds is 4. The van der Waals surface area contributed by atoms with E-state index in [1.54, 1.807) is 11.1 Å². The number of thiophene rings is 1. The summed E-state index contributed by atoms with van der Waals surface area (Å²) in [7, 11) is 0. The molecule has 0 N–H and O–H groups in total. The molecule has 0 amide bonds. The van der Waals surface area contributed by atoms with Gasteiger partial charge in [-0.3, -0.25) is 0 Å². The molecule has 0 saturated heterocycles. The Balaban J connectivity index is 0.000000149. The lowest BCUT2D eigenvalue weighted by Gasteiger charge is -2.40.